The molecule has 0 aliphatic rings. The average molecular weight is 217 g/mol. The largest absolute Gasteiger partial charge is 0.465 e. The van der Waals surface area contributed by atoms with Crippen LogP contribution in [0.2, 0.25) is 0 Å². The molecule has 0 aromatic carbocycles. The maximum absolute atomic E-state index is 11.4. The van der Waals surface area contributed by atoms with Gasteiger partial charge < -0.3 is 9.84 Å². The van der Waals surface area contributed by atoms with Crippen LogP contribution in [0.15, 0.2) is 0 Å². The Kier molecular flexibility index (Phi) is 9.52. The van der Waals surface area contributed by atoms with Gasteiger partial charge in [0.05, 0.1) is 13.3 Å². The third-order valence-corrected chi connectivity index (χ3v) is 2.26. The minimum absolute atomic E-state index is 0.183. The summed E-state index contributed by atoms with van der Waals surface area (Å²) in [4.78, 5) is 11.4. The highest BCUT2D eigenvalue weighted by Gasteiger charge is 2.17. The fourth-order valence-corrected chi connectivity index (χ4v) is 1.43. The molecule has 0 amide bonds. The predicted molar refractivity (Wildman–Crippen MR) is 59.4 cm³/mol. The molecule has 0 heterocycles. The van der Waals surface area contributed by atoms with Crippen molar-refractivity contribution in [1.82, 2.24) is 5.32 Å². The Morgan fingerprint density at radius 2 is 2.07 bits per heavy atom. The van der Waals surface area contributed by atoms with Crippen molar-refractivity contribution in [1.29, 1.82) is 0 Å². The van der Waals surface area contributed by atoms with Gasteiger partial charge in [0.15, 0.2) is 0 Å². The van der Waals surface area contributed by atoms with E-state index in [4.69, 9.17) is 9.84 Å². The highest BCUT2D eigenvalue weighted by atomic mass is 16.5. The summed E-state index contributed by atoms with van der Waals surface area (Å²) in [6.07, 6.45) is 5.22. The van der Waals surface area contributed by atoms with Crippen LogP contribution in [0.1, 0.15) is 46.0 Å². The first-order chi connectivity index (χ1) is 7.26. The number of aliphatic hydroxyl groups excluding tert-OH is 1. The van der Waals surface area contributed by atoms with Gasteiger partial charge in [-0.15, -0.1) is 0 Å². The van der Waals surface area contributed by atoms with Crippen LogP contribution >= 0.6 is 0 Å². The number of hydrogen-bond donors (Lipinski definition) is 2. The summed E-state index contributed by atoms with van der Waals surface area (Å²) >= 11 is 0. The summed E-state index contributed by atoms with van der Waals surface area (Å²) in [5.41, 5.74) is 0. The van der Waals surface area contributed by atoms with E-state index in [2.05, 4.69) is 12.2 Å². The molecule has 0 saturated heterocycles. The Bertz CT molecular complexity index is 162. The highest BCUT2D eigenvalue weighted by Crippen LogP contribution is 2.06. The Balaban J connectivity index is 3.76. The second kappa shape index (κ2) is 9.93. The molecule has 2 N–H and O–H groups in total. The van der Waals surface area contributed by atoms with Gasteiger partial charge in [0.2, 0.25) is 0 Å². The zero-order chi connectivity index (χ0) is 11.5. The molecule has 0 fully saturated rings. The van der Waals surface area contributed by atoms with Gasteiger partial charge in [0.25, 0.3) is 0 Å². The third-order valence-electron chi connectivity index (χ3n) is 2.26. The van der Waals surface area contributed by atoms with Crippen molar-refractivity contribution in [2.75, 3.05) is 13.3 Å². The summed E-state index contributed by atoms with van der Waals surface area (Å²) in [6.45, 7) is 4.13. The number of nitrogens with one attached hydrogen (secondary N) is 1. The highest BCUT2D eigenvalue weighted by molar-refractivity contribution is 5.75. The van der Waals surface area contributed by atoms with Gasteiger partial charge >= 0.3 is 5.97 Å². The van der Waals surface area contributed by atoms with E-state index in [0.717, 1.165) is 19.3 Å². The zero-order valence-electron chi connectivity index (χ0n) is 9.79. The summed E-state index contributed by atoms with van der Waals surface area (Å²) in [5, 5.41) is 11.5. The molecule has 0 aromatic heterocycles. The zero-order valence-corrected chi connectivity index (χ0v) is 9.79. The second-order valence-corrected chi connectivity index (χ2v) is 3.52. The molecule has 15 heavy (non-hydrogen) atoms. The van der Waals surface area contributed by atoms with Crippen molar-refractivity contribution in [3.63, 3.8) is 0 Å². The molecule has 1 unspecified atom stereocenters. The summed E-state index contributed by atoms with van der Waals surface area (Å²) in [5.74, 6) is -0.261. The Labute approximate surface area is 92.0 Å². The van der Waals surface area contributed by atoms with Crippen molar-refractivity contribution in [2.24, 2.45) is 0 Å². The van der Waals surface area contributed by atoms with E-state index in [0.29, 0.717) is 6.61 Å². The Morgan fingerprint density at radius 1 is 1.33 bits per heavy atom. The fourth-order valence-electron chi connectivity index (χ4n) is 1.43. The van der Waals surface area contributed by atoms with Crippen LogP contribution in [0.5, 0.6) is 0 Å². The van der Waals surface area contributed by atoms with Crippen LogP contribution < -0.4 is 5.32 Å². The molecular weight excluding hydrogens is 194 g/mol. The lowest BCUT2D eigenvalue weighted by atomic mass is 10.1. The van der Waals surface area contributed by atoms with Crippen LogP contribution in [-0.4, -0.2) is 30.5 Å². The second-order valence-electron chi connectivity index (χ2n) is 3.52. The van der Waals surface area contributed by atoms with Gasteiger partial charge in [-0.25, -0.2) is 0 Å². The number of aliphatic hydroxyl groups is 1. The lowest BCUT2D eigenvalue weighted by Crippen LogP contribution is -2.38. The SMILES string of the molecule is CCCCCCC(NCO)C(=O)OCC. The number of carbonyl (C=O) groups excluding carboxylic acids is 1. The van der Waals surface area contributed by atoms with Crippen molar-refractivity contribution in [3.8, 4) is 0 Å². The number of unbranched alkanes of at least 4 members (excludes halogenated alkanes) is 3. The number of esters is 1. The Hall–Kier alpha value is -0.610. The Morgan fingerprint density at radius 3 is 2.60 bits per heavy atom. The topological polar surface area (TPSA) is 58.6 Å². The van der Waals surface area contributed by atoms with Gasteiger partial charge in [0.1, 0.15) is 6.04 Å². The van der Waals surface area contributed by atoms with E-state index in [9.17, 15) is 4.79 Å². The summed E-state index contributed by atoms with van der Waals surface area (Å²) < 4.78 is 4.90. The van der Waals surface area contributed by atoms with E-state index in [1.165, 1.54) is 12.8 Å². The first-order valence-electron chi connectivity index (χ1n) is 5.77. The molecule has 0 radical (unpaired) electrons. The number of carbonyl (C=O) groups is 1. The summed E-state index contributed by atoms with van der Waals surface area (Å²) in [6, 6.07) is -0.355. The maximum Gasteiger partial charge on any atom is 0.323 e. The summed E-state index contributed by atoms with van der Waals surface area (Å²) in [7, 11) is 0. The van der Waals surface area contributed by atoms with Crippen LogP contribution in [0.3, 0.4) is 0 Å². The van der Waals surface area contributed by atoms with Crippen molar-refractivity contribution >= 4 is 5.97 Å². The minimum Gasteiger partial charge on any atom is -0.465 e. The van der Waals surface area contributed by atoms with Crippen LogP contribution in [0, 0.1) is 0 Å². The van der Waals surface area contributed by atoms with E-state index in [1.54, 1.807) is 6.92 Å². The first kappa shape index (κ1) is 14.4. The average Bonchev–Trinajstić information content (AvgIpc) is 2.23. The van der Waals surface area contributed by atoms with Crippen LogP contribution in [0.25, 0.3) is 0 Å². The van der Waals surface area contributed by atoms with Crippen molar-refractivity contribution in [3.05, 3.63) is 0 Å². The molecule has 0 aromatic rings. The maximum atomic E-state index is 11.4. The molecule has 4 nitrogen and oxygen atoms in total. The van der Waals surface area contributed by atoms with E-state index < -0.39 is 0 Å². The van der Waals surface area contributed by atoms with Gasteiger partial charge in [-0.3, -0.25) is 10.1 Å². The normalized spacial score (nSPS) is 12.5. The molecule has 0 aliphatic carbocycles. The molecule has 1 atom stereocenters. The van der Waals surface area contributed by atoms with Gasteiger partial charge in [-0.05, 0) is 13.3 Å². The van der Waals surface area contributed by atoms with E-state index in [1.807, 2.05) is 0 Å². The third kappa shape index (κ3) is 7.33. The molecule has 90 valence electrons. The molecule has 0 rings (SSSR count). The molecule has 0 spiro atoms. The molecular formula is C11H23NO3. The molecule has 0 saturated carbocycles. The van der Waals surface area contributed by atoms with Crippen molar-refractivity contribution in [2.45, 2.75) is 52.0 Å². The van der Waals surface area contributed by atoms with Gasteiger partial charge in [0, 0.05) is 0 Å². The lowest BCUT2D eigenvalue weighted by molar-refractivity contribution is -0.146. The fraction of sp³-hybridized carbons (Fsp3) is 0.909. The molecule has 0 aliphatic heterocycles. The monoisotopic (exact) mass is 217 g/mol. The van der Waals surface area contributed by atoms with Gasteiger partial charge in [-0.2, -0.15) is 0 Å². The van der Waals surface area contributed by atoms with E-state index in [-0.39, 0.29) is 18.7 Å². The van der Waals surface area contributed by atoms with Crippen molar-refractivity contribution < 1.29 is 14.6 Å². The quantitative estimate of drug-likeness (QED) is 0.348. The van der Waals surface area contributed by atoms with E-state index >= 15 is 0 Å². The molecule has 4 heteroatoms. The lowest BCUT2D eigenvalue weighted by Gasteiger charge is -2.15. The minimum atomic E-state index is -0.355. The number of rotatable bonds is 9. The predicted octanol–water partition coefficient (Wildman–Crippen LogP) is 1.43. The number of hydrogen-bond acceptors (Lipinski definition) is 4. The standard InChI is InChI=1S/C11H23NO3/c1-3-5-6-7-8-10(12-9-13)11(14)15-4-2/h10,12-13H,3-9H2,1-2H3. The number of ether oxygens (including phenoxy) is 1. The molecule has 0 bridgehead atoms. The van der Waals surface area contributed by atoms with Crippen LogP contribution in [-0.2, 0) is 9.53 Å². The van der Waals surface area contributed by atoms with Gasteiger partial charge in [-0.1, -0.05) is 32.6 Å². The van der Waals surface area contributed by atoms with Crippen LogP contribution in [0.4, 0.5) is 0 Å². The first-order valence-corrected chi connectivity index (χ1v) is 5.77. The smallest absolute Gasteiger partial charge is 0.323 e.